The largest absolute Gasteiger partial charge is 0.374 e. The molecule has 162 valence electrons. The summed E-state index contributed by atoms with van der Waals surface area (Å²) in [6, 6.07) is 4.74. The van der Waals surface area contributed by atoms with E-state index < -0.39 is 12.5 Å². The van der Waals surface area contributed by atoms with Gasteiger partial charge in [-0.1, -0.05) is 0 Å². The van der Waals surface area contributed by atoms with E-state index in [2.05, 4.69) is 60.6 Å². The average molecular weight is 483 g/mol. The van der Waals surface area contributed by atoms with Crippen LogP contribution in [0.2, 0.25) is 0 Å². The van der Waals surface area contributed by atoms with E-state index in [-0.39, 0.29) is 33.6 Å². The number of amidine groups is 1. The third-order valence-electron chi connectivity index (χ3n) is 5.00. The first-order valence-corrected chi connectivity index (χ1v) is 10.4. The van der Waals surface area contributed by atoms with Gasteiger partial charge in [0.05, 0.1) is 4.47 Å². The molecular weight excluding hydrogens is 459 g/mol. The molecule has 0 atom stereocenters. The van der Waals surface area contributed by atoms with Crippen LogP contribution >= 0.6 is 15.9 Å². The summed E-state index contributed by atoms with van der Waals surface area (Å²) in [6.07, 6.45) is 1.51. The van der Waals surface area contributed by atoms with Crippen molar-refractivity contribution in [1.29, 1.82) is 0 Å². The van der Waals surface area contributed by atoms with Gasteiger partial charge in [-0.2, -0.15) is 0 Å². The monoisotopic (exact) mass is 482 g/mol. The molecule has 9 nitrogen and oxygen atoms in total. The van der Waals surface area contributed by atoms with Gasteiger partial charge in [0.25, 0.3) is 0 Å². The lowest BCUT2D eigenvalue weighted by Gasteiger charge is -2.33. The number of rotatable bonds is 6. The molecule has 0 bridgehead atoms. The van der Waals surface area contributed by atoms with Crippen LogP contribution in [0.25, 0.3) is 0 Å². The minimum absolute atomic E-state index is 0.104. The summed E-state index contributed by atoms with van der Waals surface area (Å²) in [4.78, 5) is 19.0. The fourth-order valence-electron chi connectivity index (χ4n) is 3.28. The van der Waals surface area contributed by atoms with Crippen molar-refractivity contribution in [1.82, 2.24) is 15.2 Å². The fraction of sp³-hybridized carbons (Fsp3) is 0.474. The van der Waals surface area contributed by atoms with Gasteiger partial charge in [0.15, 0.2) is 11.5 Å². The third-order valence-corrected chi connectivity index (χ3v) is 5.60. The molecule has 2 heterocycles. The van der Waals surface area contributed by atoms with Crippen molar-refractivity contribution in [3.8, 4) is 0 Å². The Kier molecular flexibility index (Phi) is 7.51. The second-order valence-corrected chi connectivity index (χ2v) is 8.11. The SMILES string of the molecule is CC(C)N1CCC(C(=O)Nc2nonc2/C(=N/CO)Nc2ccc(F)c(Br)c2)CC1. The zero-order chi connectivity index (χ0) is 21.7. The van der Waals surface area contributed by atoms with Crippen molar-refractivity contribution in [2.24, 2.45) is 10.9 Å². The highest BCUT2D eigenvalue weighted by molar-refractivity contribution is 9.10. The predicted molar refractivity (Wildman–Crippen MR) is 114 cm³/mol. The van der Waals surface area contributed by atoms with Crippen LogP contribution in [-0.4, -0.2) is 57.9 Å². The summed E-state index contributed by atoms with van der Waals surface area (Å²) in [5, 5.41) is 22.6. The molecule has 0 aliphatic carbocycles. The molecule has 3 N–H and O–H groups in total. The van der Waals surface area contributed by atoms with E-state index in [1.807, 2.05) is 0 Å². The van der Waals surface area contributed by atoms with Crippen LogP contribution in [0.3, 0.4) is 0 Å². The molecule has 1 aliphatic heterocycles. The smallest absolute Gasteiger partial charge is 0.228 e. The molecule has 1 fully saturated rings. The van der Waals surface area contributed by atoms with Gasteiger partial charge in [0, 0.05) is 17.6 Å². The van der Waals surface area contributed by atoms with Gasteiger partial charge in [0.1, 0.15) is 12.5 Å². The second kappa shape index (κ2) is 10.1. The van der Waals surface area contributed by atoms with E-state index in [0.29, 0.717) is 11.7 Å². The first-order chi connectivity index (χ1) is 14.4. The first-order valence-electron chi connectivity index (χ1n) is 9.64. The molecule has 0 saturated carbocycles. The number of nitrogens with zero attached hydrogens (tertiary/aromatic N) is 4. The maximum absolute atomic E-state index is 13.5. The lowest BCUT2D eigenvalue weighted by atomic mass is 9.95. The van der Waals surface area contributed by atoms with Crippen LogP contribution in [0.4, 0.5) is 15.9 Å². The zero-order valence-corrected chi connectivity index (χ0v) is 18.3. The Hall–Kier alpha value is -2.37. The minimum atomic E-state index is -0.529. The lowest BCUT2D eigenvalue weighted by molar-refractivity contribution is -0.121. The molecular formula is C19H24BrFN6O3. The number of aromatic nitrogens is 2. The van der Waals surface area contributed by atoms with E-state index >= 15 is 0 Å². The molecule has 11 heteroatoms. The Morgan fingerprint density at radius 1 is 1.37 bits per heavy atom. The van der Waals surface area contributed by atoms with Gasteiger partial charge in [0.2, 0.25) is 11.7 Å². The van der Waals surface area contributed by atoms with Crippen molar-refractivity contribution >= 4 is 39.2 Å². The number of hydrogen-bond acceptors (Lipinski definition) is 7. The van der Waals surface area contributed by atoms with E-state index in [1.54, 1.807) is 0 Å². The number of carbonyl (C=O) groups is 1. The van der Waals surface area contributed by atoms with Crippen molar-refractivity contribution in [2.75, 3.05) is 30.5 Å². The Balaban J connectivity index is 1.71. The molecule has 1 aromatic heterocycles. The highest BCUT2D eigenvalue weighted by Crippen LogP contribution is 2.23. The summed E-state index contributed by atoms with van der Waals surface area (Å²) in [7, 11) is 0. The fourth-order valence-corrected chi connectivity index (χ4v) is 3.66. The van der Waals surface area contributed by atoms with E-state index in [9.17, 15) is 14.3 Å². The van der Waals surface area contributed by atoms with E-state index in [1.165, 1.54) is 18.2 Å². The van der Waals surface area contributed by atoms with Crippen LogP contribution in [0.1, 0.15) is 32.4 Å². The Morgan fingerprint density at radius 3 is 2.73 bits per heavy atom. The molecule has 1 aliphatic rings. The van der Waals surface area contributed by atoms with E-state index in [4.69, 9.17) is 4.63 Å². The first kappa shape index (κ1) is 22.3. The molecule has 0 spiro atoms. The number of carbonyl (C=O) groups excluding carboxylic acids is 1. The van der Waals surface area contributed by atoms with Crippen molar-refractivity contribution < 1.29 is 18.9 Å². The summed E-state index contributed by atoms with van der Waals surface area (Å²) >= 11 is 3.12. The number of aliphatic imine (C=N–C) groups is 1. The number of nitrogens with one attached hydrogen (secondary N) is 2. The topological polar surface area (TPSA) is 116 Å². The number of aliphatic hydroxyl groups is 1. The van der Waals surface area contributed by atoms with Gasteiger partial charge in [-0.3, -0.25) is 4.79 Å². The quantitative estimate of drug-likeness (QED) is 0.428. The predicted octanol–water partition coefficient (Wildman–Crippen LogP) is 2.84. The number of likely N-dealkylation sites (tertiary alicyclic amines) is 1. The van der Waals surface area contributed by atoms with Crippen LogP contribution < -0.4 is 10.6 Å². The zero-order valence-electron chi connectivity index (χ0n) is 16.7. The van der Waals surface area contributed by atoms with Crippen LogP contribution in [0.5, 0.6) is 0 Å². The van der Waals surface area contributed by atoms with Gasteiger partial charge in [-0.05, 0) is 84.2 Å². The number of anilines is 2. The Labute approximate surface area is 181 Å². The number of amides is 1. The summed E-state index contributed by atoms with van der Waals surface area (Å²) < 4.78 is 18.5. The molecule has 1 amide bonds. The third kappa shape index (κ3) is 5.41. The Bertz CT molecular complexity index is 911. The van der Waals surface area contributed by atoms with Crippen molar-refractivity contribution in [3.05, 3.63) is 34.2 Å². The molecule has 0 unspecified atom stereocenters. The standard InChI is InChI=1S/C19H24BrFN6O3/c1-11(2)27-7-5-12(6-8-27)19(29)24-18-16(25-30-26-18)17(22-10-28)23-13-3-4-15(21)14(20)9-13/h3-4,9,11-12,28H,5-8,10H2,1-2H3,(H,22,23)(H,24,26,29). The Morgan fingerprint density at radius 2 is 2.10 bits per heavy atom. The molecule has 1 aromatic carbocycles. The number of piperidine rings is 1. The highest BCUT2D eigenvalue weighted by atomic mass is 79.9. The number of aliphatic hydroxyl groups excluding tert-OH is 1. The molecule has 0 radical (unpaired) electrons. The van der Waals surface area contributed by atoms with Gasteiger partial charge in [-0.25, -0.2) is 14.0 Å². The average Bonchev–Trinajstić information content (AvgIpc) is 3.18. The number of benzene rings is 1. The maximum Gasteiger partial charge on any atom is 0.228 e. The second-order valence-electron chi connectivity index (χ2n) is 7.26. The van der Waals surface area contributed by atoms with E-state index in [0.717, 1.165) is 25.9 Å². The van der Waals surface area contributed by atoms with Crippen molar-refractivity contribution in [3.63, 3.8) is 0 Å². The van der Waals surface area contributed by atoms with Gasteiger partial charge < -0.3 is 20.6 Å². The minimum Gasteiger partial charge on any atom is -0.374 e. The van der Waals surface area contributed by atoms with Gasteiger partial charge >= 0.3 is 0 Å². The lowest BCUT2D eigenvalue weighted by Crippen LogP contribution is -2.41. The van der Waals surface area contributed by atoms with Crippen LogP contribution in [-0.2, 0) is 4.79 Å². The molecule has 3 rings (SSSR count). The highest BCUT2D eigenvalue weighted by Gasteiger charge is 2.28. The summed E-state index contributed by atoms with van der Waals surface area (Å²) in [5.74, 6) is -0.484. The maximum atomic E-state index is 13.5. The van der Waals surface area contributed by atoms with Gasteiger partial charge in [-0.15, -0.1) is 0 Å². The number of halogens is 2. The normalized spacial score (nSPS) is 16.1. The molecule has 1 saturated heterocycles. The summed E-state index contributed by atoms with van der Waals surface area (Å²) in [6.45, 7) is 5.47. The molecule has 30 heavy (non-hydrogen) atoms. The number of hydrogen-bond donors (Lipinski definition) is 3. The van der Waals surface area contributed by atoms with Crippen LogP contribution in [0.15, 0.2) is 32.3 Å². The van der Waals surface area contributed by atoms with Crippen LogP contribution in [0, 0.1) is 11.7 Å². The molecule has 2 aromatic rings. The summed E-state index contributed by atoms with van der Waals surface area (Å²) in [5.41, 5.74) is 0.634. The van der Waals surface area contributed by atoms with Crippen molar-refractivity contribution in [2.45, 2.75) is 32.7 Å².